The minimum Gasteiger partial charge on any atom is -0.480 e. The first-order valence-corrected chi connectivity index (χ1v) is 8.60. The van der Waals surface area contributed by atoms with Crippen molar-refractivity contribution in [2.75, 3.05) is 13.2 Å². The van der Waals surface area contributed by atoms with Crippen LogP contribution in [0.25, 0.3) is 0 Å². The topological polar surface area (TPSA) is 93.1 Å². The third-order valence-electron chi connectivity index (χ3n) is 4.49. The normalized spacial score (nSPS) is 10.5. The average Bonchev–Trinajstić information content (AvgIpc) is 2.69. The number of carboxylic acids is 2. The van der Waals surface area contributed by atoms with Crippen LogP contribution < -0.4 is 9.47 Å². The summed E-state index contributed by atoms with van der Waals surface area (Å²) in [6.45, 7) is 3.69. The SMILES string of the molecule is C#CCOc1cc(C(C)(C)c2ccc(C(=O)O)c(OCC#C)c2)ccc1C(=O)O. The number of hydrogen-bond acceptors (Lipinski definition) is 4. The van der Waals surface area contributed by atoms with E-state index in [2.05, 4.69) is 11.8 Å². The summed E-state index contributed by atoms with van der Waals surface area (Å²) in [6.07, 6.45) is 10.4. The molecule has 29 heavy (non-hydrogen) atoms. The molecule has 0 amide bonds. The average molecular weight is 392 g/mol. The van der Waals surface area contributed by atoms with Gasteiger partial charge in [0.05, 0.1) is 0 Å². The van der Waals surface area contributed by atoms with Gasteiger partial charge in [-0.3, -0.25) is 0 Å². The van der Waals surface area contributed by atoms with Crippen LogP contribution in [0.5, 0.6) is 11.5 Å². The molecule has 0 bridgehead atoms. The number of carbonyl (C=O) groups is 2. The lowest BCUT2D eigenvalue weighted by Crippen LogP contribution is -2.20. The molecule has 148 valence electrons. The quantitative estimate of drug-likeness (QED) is 0.669. The Hall–Kier alpha value is -3.90. The molecule has 0 aliphatic carbocycles. The van der Waals surface area contributed by atoms with E-state index < -0.39 is 17.4 Å². The summed E-state index contributed by atoms with van der Waals surface area (Å²) >= 11 is 0. The number of rotatable bonds is 8. The minimum absolute atomic E-state index is 0.000863. The first kappa shape index (κ1) is 21.4. The second-order valence-electron chi connectivity index (χ2n) is 6.64. The fourth-order valence-electron chi connectivity index (χ4n) is 2.82. The summed E-state index contributed by atoms with van der Waals surface area (Å²) < 4.78 is 10.8. The summed E-state index contributed by atoms with van der Waals surface area (Å²) in [4.78, 5) is 22.9. The van der Waals surface area contributed by atoms with E-state index in [0.717, 1.165) is 11.1 Å². The molecule has 0 fully saturated rings. The number of aromatic carboxylic acids is 2. The lowest BCUT2D eigenvalue weighted by atomic mass is 9.77. The number of ether oxygens (including phenoxy) is 2. The van der Waals surface area contributed by atoms with Crippen LogP contribution >= 0.6 is 0 Å². The van der Waals surface area contributed by atoms with Gasteiger partial charge >= 0.3 is 11.9 Å². The third-order valence-corrected chi connectivity index (χ3v) is 4.49. The molecule has 6 heteroatoms. The van der Waals surface area contributed by atoms with Gasteiger partial charge in [0.1, 0.15) is 35.8 Å². The van der Waals surface area contributed by atoms with Gasteiger partial charge in [-0.15, -0.1) is 12.8 Å². The summed E-state index contributed by atoms with van der Waals surface area (Å²) in [6, 6.07) is 9.50. The zero-order valence-electron chi connectivity index (χ0n) is 16.1. The van der Waals surface area contributed by atoms with E-state index in [1.54, 1.807) is 24.3 Å². The Morgan fingerprint density at radius 2 is 1.24 bits per heavy atom. The third kappa shape index (κ3) is 4.69. The molecule has 0 radical (unpaired) electrons. The minimum atomic E-state index is -1.13. The van der Waals surface area contributed by atoms with Gasteiger partial charge in [-0.25, -0.2) is 9.59 Å². The smallest absolute Gasteiger partial charge is 0.339 e. The number of benzene rings is 2. The van der Waals surface area contributed by atoms with E-state index in [1.165, 1.54) is 12.1 Å². The maximum atomic E-state index is 11.4. The Bertz CT molecular complexity index is 939. The lowest BCUT2D eigenvalue weighted by Gasteiger charge is -2.27. The Kier molecular flexibility index (Phi) is 6.54. The maximum Gasteiger partial charge on any atom is 0.339 e. The molecule has 0 aromatic heterocycles. The molecule has 2 rings (SSSR count). The Morgan fingerprint density at radius 1 is 0.862 bits per heavy atom. The largest absolute Gasteiger partial charge is 0.480 e. The highest BCUT2D eigenvalue weighted by atomic mass is 16.5. The van der Waals surface area contributed by atoms with Crippen molar-refractivity contribution in [3.63, 3.8) is 0 Å². The zero-order chi connectivity index (χ0) is 21.6. The van der Waals surface area contributed by atoms with Crippen LogP contribution in [0.4, 0.5) is 0 Å². The van der Waals surface area contributed by atoms with Gasteiger partial charge in [-0.1, -0.05) is 37.8 Å². The van der Waals surface area contributed by atoms with Crippen molar-refractivity contribution in [2.45, 2.75) is 19.3 Å². The fourth-order valence-corrected chi connectivity index (χ4v) is 2.82. The van der Waals surface area contributed by atoms with Crippen molar-refractivity contribution >= 4 is 11.9 Å². The van der Waals surface area contributed by atoms with Gasteiger partial charge in [0.2, 0.25) is 0 Å². The summed E-state index contributed by atoms with van der Waals surface area (Å²) in [5, 5.41) is 18.7. The van der Waals surface area contributed by atoms with Crippen LogP contribution in [0.2, 0.25) is 0 Å². The van der Waals surface area contributed by atoms with Gasteiger partial charge in [0.25, 0.3) is 0 Å². The van der Waals surface area contributed by atoms with Crippen molar-refractivity contribution in [1.82, 2.24) is 0 Å². The van der Waals surface area contributed by atoms with Gasteiger partial charge in [0.15, 0.2) is 0 Å². The predicted octanol–water partition coefficient (Wildman–Crippen LogP) is 3.43. The van der Waals surface area contributed by atoms with E-state index in [9.17, 15) is 19.8 Å². The molecular formula is C23H20O6. The Balaban J connectivity index is 2.54. The molecule has 0 saturated carbocycles. The van der Waals surface area contributed by atoms with Crippen LogP contribution in [0.3, 0.4) is 0 Å². The van der Waals surface area contributed by atoms with Crippen molar-refractivity contribution in [1.29, 1.82) is 0 Å². The van der Waals surface area contributed by atoms with Crippen LogP contribution in [-0.2, 0) is 5.41 Å². The summed E-state index contributed by atoms with van der Waals surface area (Å²) in [5.41, 5.74) is 0.871. The first-order chi connectivity index (χ1) is 13.7. The summed E-state index contributed by atoms with van der Waals surface area (Å²) in [5.74, 6) is 2.69. The van der Waals surface area contributed by atoms with Gasteiger partial charge in [-0.05, 0) is 35.4 Å². The Labute approximate surface area is 169 Å². The fraction of sp³-hybridized carbons (Fsp3) is 0.217. The standard InChI is InChI=1S/C23H20O6/c1-5-11-28-19-13-15(7-9-17(19)21(24)25)23(3,4)16-8-10-18(22(26)27)20(14-16)29-12-6-2/h1-2,7-10,13-14H,11-12H2,3-4H3,(H,24,25)(H,26,27). The van der Waals surface area contributed by atoms with Crippen molar-refractivity contribution in [3.05, 3.63) is 58.7 Å². The van der Waals surface area contributed by atoms with Crippen molar-refractivity contribution in [3.8, 4) is 36.2 Å². The van der Waals surface area contributed by atoms with Crippen LogP contribution in [0.15, 0.2) is 36.4 Å². The molecule has 0 unspecified atom stereocenters. The zero-order valence-corrected chi connectivity index (χ0v) is 16.1. The predicted molar refractivity (Wildman–Crippen MR) is 108 cm³/mol. The van der Waals surface area contributed by atoms with Crippen molar-refractivity contribution < 1.29 is 29.3 Å². The van der Waals surface area contributed by atoms with E-state index in [4.69, 9.17) is 22.3 Å². The molecule has 2 aromatic carbocycles. The lowest BCUT2D eigenvalue weighted by molar-refractivity contribution is 0.0681. The molecule has 2 N–H and O–H groups in total. The second-order valence-corrected chi connectivity index (χ2v) is 6.64. The van der Waals surface area contributed by atoms with Crippen molar-refractivity contribution in [2.24, 2.45) is 0 Å². The second kappa shape index (κ2) is 8.86. The van der Waals surface area contributed by atoms with E-state index in [-0.39, 0.29) is 35.8 Å². The van der Waals surface area contributed by atoms with Crippen LogP contribution in [-0.4, -0.2) is 35.4 Å². The highest BCUT2D eigenvalue weighted by molar-refractivity contribution is 5.91. The monoisotopic (exact) mass is 392 g/mol. The molecule has 0 aliphatic rings. The van der Waals surface area contributed by atoms with Crippen LogP contribution in [0, 0.1) is 24.7 Å². The summed E-state index contributed by atoms with van der Waals surface area (Å²) in [7, 11) is 0. The molecular weight excluding hydrogens is 372 g/mol. The van der Waals surface area contributed by atoms with E-state index in [1.807, 2.05) is 13.8 Å². The van der Waals surface area contributed by atoms with E-state index in [0.29, 0.717) is 0 Å². The molecule has 6 nitrogen and oxygen atoms in total. The van der Waals surface area contributed by atoms with Gasteiger partial charge < -0.3 is 19.7 Å². The maximum absolute atomic E-state index is 11.4. The highest BCUT2D eigenvalue weighted by Crippen LogP contribution is 2.37. The van der Waals surface area contributed by atoms with E-state index >= 15 is 0 Å². The number of carboxylic acid groups (broad SMARTS) is 2. The molecule has 0 saturated heterocycles. The van der Waals surface area contributed by atoms with Gasteiger partial charge in [0, 0.05) is 5.41 Å². The number of hydrogen-bond donors (Lipinski definition) is 2. The van der Waals surface area contributed by atoms with Gasteiger partial charge in [-0.2, -0.15) is 0 Å². The molecule has 0 aliphatic heterocycles. The first-order valence-electron chi connectivity index (χ1n) is 8.60. The Morgan fingerprint density at radius 3 is 1.55 bits per heavy atom. The molecule has 0 spiro atoms. The molecule has 0 heterocycles. The highest BCUT2D eigenvalue weighted by Gasteiger charge is 2.27. The molecule has 2 aromatic rings. The molecule has 0 atom stereocenters. The number of terminal acetylenes is 2. The van der Waals surface area contributed by atoms with Crippen LogP contribution in [0.1, 0.15) is 45.7 Å².